The zero-order valence-corrected chi connectivity index (χ0v) is 17.2. The van der Waals surface area contributed by atoms with E-state index in [1.165, 1.54) is 0 Å². The van der Waals surface area contributed by atoms with Crippen molar-refractivity contribution in [2.45, 2.75) is 51.4 Å². The molecule has 0 unspecified atom stereocenters. The molecule has 3 N–H and O–H groups in total. The fourth-order valence-electron chi connectivity index (χ4n) is 3.51. The maximum atomic E-state index is 13.0. The number of halogens is 3. The van der Waals surface area contributed by atoms with Gasteiger partial charge in [0.15, 0.2) is 0 Å². The van der Waals surface area contributed by atoms with E-state index in [2.05, 4.69) is 15.3 Å². The third-order valence-electron chi connectivity index (χ3n) is 5.15. The number of nitrogens with two attached hydrogens (primary N) is 1. The number of hydrogen-bond donors (Lipinski definition) is 2. The van der Waals surface area contributed by atoms with E-state index in [1.54, 1.807) is 36.8 Å². The van der Waals surface area contributed by atoms with Crippen LogP contribution in [0.4, 0.5) is 13.2 Å². The van der Waals surface area contributed by atoms with Crippen molar-refractivity contribution < 1.29 is 18.0 Å². The number of aliphatic imine (C=N–C) groups is 1. The third-order valence-corrected chi connectivity index (χ3v) is 5.15. The van der Waals surface area contributed by atoms with Gasteiger partial charge in [-0.15, -0.1) is 0 Å². The standard InChI is InChI=1S/C22H26F3N5O/c23-22(24,25)20(26)18-7-1-2-8-19(18)29-14-16-5-3-6-17(13-16)21(31)28-9-4-11-30-12-10-27-15-30/h3,5-6,10,12-13,15H,1-2,4,7-9,11,14,26H2,(H,28,31). The van der Waals surface area contributed by atoms with Crippen molar-refractivity contribution in [1.82, 2.24) is 14.9 Å². The van der Waals surface area contributed by atoms with Crippen LogP contribution in [0.25, 0.3) is 0 Å². The van der Waals surface area contributed by atoms with Crippen LogP contribution in [0.5, 0.6) is 0 Å². The van der Waals surface area contributed by atoms with E-state index in [0.717, 1.165) is 24.9 Å². The van der Waals surface area contributed by atoms with Crippen LogP contribution >= 0.6 is 0 Å². The zero-order valence-electron chi connectivity index (χ0n) is 17.2. The molecule has 1 aromatic heterocycles. The number of amides is 1. The summed E-state index contributed by atoms with van der Waals surface area (Å²) in [4.78, 5) is 20.8. The Morgan fingerprint density at radius 2 is 2.06 bits per heavy atom. The Bertz CT molecular complexity index is 948. The number of nitrogens with zero attached hydrogens (tertiary/aromatic N) is 3. The second-order valence-electron chi connectivity index (χ2n) is 7.47. The number of aryl methyl sites for hydroxylation is 1. The van der Waals surface area contributed by atoms with Gasteiger partial charge in [0.2, 0.25) is 0 Å². The molecule has 6 nitrogen and oxygen atoms in total. The fraction of sp³-hybridized carbons (Fsp3) is 0.409. The maximum absolute atomic E-state index is 13.0. The molecule has 2 aromatic rings. The molecule has 3 rings (SSSR count). The summed E-state index contributed by atoms with van der Waals surface area (Å²) < 4.78 is 41.0. The molecule has 1 heterocycles. The first-order valence-electron chi connectivity index (χ1n) is 10.3. The molecule has 31 heavy (non-hydrogen) atoms. The van der Waals surface area contributed by atoms with Gasteiger partial charge >= 0.3 is 6.18 Å². The highest BCUT2D eigenvalue weighted by molar-refractivity contribution is 6.01. The van der Waals surface area contributed by atoms with Gasteiger partial charge in [-0.25, -0.2) is 4.98 Å². The summed E-state index contributed by atoms with van der Waals surface area (Å²) in [7, 11) is 0. The smallest absolute Gasteiger partial charge is 0.394 e. The number of rotatable bonds is 7. The molecule has 0 bridgehead atoms. The lowest BCUT2D eigenvalue weighted by molar-refractivity contribution is -0.0933. The molecule has 0 radical (unpaired) electrons. The van der Waals surface area contributed by atoms with Gasteiger partial charge in [0, 0.05) is 42.3 Å². The lowest BCUT2D eigenvalue weighted by Crippen LogP contribution is -2.26. The number of carbonyl (C=O) groups is 1. The zero-order chi connectivity index (χ0) is 22.3. The Kier molecular flexibility index (Phi) is 7.49. The normalized spacial score (nSPS) is 17.6. The summed E-state index contributed by atoms with van der Waals surface area (Å²) in [6.45, 7) is 1.48. The molecule has 0 atom stereocenters. The van der Waals surface area contributed by atoms with Crippen molar-refractivity contribution in [3.8, 4) is 0 Å². The summed E-state index contributed by atoms with van der Waals surface area (Å²) >= 11 is 0. The van der Waals surface area contributed by atoms with Crippen LogP contribution in [-0.4, -0.2) is 33.9 Å². The van der Waals surface area contributed by atoms with E-state index in [1.807, 2.05) is 10.8 Å². The molecule has 0 aliphatic heterocycles. The van der Waals surface area contributed by atoms with Gasteiger partial charge < -0.3 is 15.6 Å². The Labute approximate surface area is 179 Å². The molecule has 1 fully saturated rings. The lowest BCUT2D eigenvalue weighted by Gasteiger charge is -2.21. The van der Waals surface area contributed by atoms with Crippen LogP contribution in [0.2, 0.25) is 0 Å². The SMILES string of the molecule is NC(=C1CCCCC1=NCc1cccc(C(=O)NCCCn2ccnc2)c1)C(F)(F)F. The van der Waals surface area contributed by atoms with Crippen LogP contribution in [0.1, 0.15) is 48.0 Å². The van der Waals surface area contributed by atoms with Crippen LogP contribution < -0.4 is 11.1 Å². The van der Waals surface area contributed by atoms with Crippen LogP contribution in [0.15, 0.2) is 59.2 Å². The van der Waals surface area contributed by atoms with Gasteiger partial charge in [-0.05, 0) is 49.8 Å². The minimum absolute atomic E-state index is 0.102. The molecule has 1 aliphatic rings. The first kappa shape index (κ1) is 22.6. The van der Waals surface area contributed by atoms with E-state index < -0.39 is 11.9 Å². The molecule has 1 aromatic carbocycles. The van der Waals surface area contributed by atoms with Gasteiger partial charge in [0.1, 0.15) is 5.70 Å². The van der Waals surface area contributed by atoms with E-state index in [-0.39, 0.29) is 24.4 Å². The van der Waals surface area contributed by atoms with Crippen molar-refractivity contribution in [3.63, 3.8) is 0 Å². The molecule has 1 saturated carbocycles. The maximum Gasteiger partial charge on any atom is 0.431 e. The van der Waals surface area contributed by atoms with E-state index in [0.29, 0.717) is 30.7 Å². The van der Waals surface area contributed by atoms with Gasteiger partial charge in [-0.3, -0.25) is 9.79 Å². The fourth-order valence-corrected chi connectivity index (χ4v) is 3.51. The second kappa shape index (κ2) is 10.3. The van der Waals surface area contributed by atoms with Crippen LogP contribution in [0.3, 0.4) is 0 Å². The van der Waals surface area contributed by atoms with Crippen molar-refractivity contribution in [2.24, 2.45) is 10.7 Å². The number of carbonyl (C=O) groups excluding carboxylic acids is 1. The van der Waals surface area contributed by atoms with Crippen molar-refractivity contribution in [3.05, 3.63) is 65.4 Å². The molecule has 1 aliphatic carbocycles. The van der Waals surface area contributed by atoms with Gasteiger partial charge in [-0.1, -0.05) is 12.1 Å². The van der Waals surface area contributed by atoms with E-state index in [4.69, 9.17) is 5.73 Å². The highest BCUT2D eigenvalue weighted by atomic mass is 19.4. The van der Waals surface area contributed by atoms with Crippen molar-refractivity contribution in [1.29, 1.82) is 0 Å². The number of benzene rings is 1. The first-order chi connectivity index (χ1) is 14.8. The molecule has 9 heteroatoms. The van der Waals surface area contributed by atoms with Crippen molar-refractivity contribution in [2.75, 3.05) is 6.54 Å². The topological polar surface area (TPSA) is 85.3 Å². The predicted octanol–water partition coefficient (Wildman–Crippen LogP) is 3.99. The quantitative estimate of drug-likeness (QED) is 0.648. The average molecular weight is 433 g/mol. The van der Waals surface area contributed by atoms with Crippen LogP contribution in [-0.2, 0) is 13.1 Å². The summed E-state index contributed by atoms with van der Waals surface area (Å²) in [5.41, 5.74) is 6.08. The van der Waals surface area contributed by atoms with E-state index >= 15 is 0 Å². The summed E-state index contributed by atoms with van der Waals surface area (Å²) in [5, 5.41) is 2.88. The van der Waals surface area contributed by atoms with Crippen molar-refractivity contribution >= 4 is 11.6 Å². The molecule has 1 amide bonds. The number of nitrogens with one attached hydrogen (secondary N) is 1. The predicted molar refractivity (Wildman–Crippen MR) is 112 cm³/mol. The molecule has 0 saturated heterocycles. The Morgan fingerprint density at radius 1 is 1.26 bits per heavy atom. The molecule has 166 valence electrons. The Hall–Kier alpha value is -3.10. The largest absolute Gasteiger partial charge is 0.431 e. The number of aromatic nitrogens is 2. The summed E-state index contributed by atoms with van der Waals surface area (Å²) in [6.07, 6.45) is 3.72. The second-order valence-corrected chi connectivity index (χ2v) is 7.47. The summed E-state index contributed by atoms with van der Waals surface area (Å²) in [5.74, 6) is -0.195. The number of alkyl halides is 3. The monoisotopic (exact) mass is 433 g/mol. The highest BCUT2D eigenvalue weighted by Crippen LogP contribution is 2.31. The average Bonchev–Trinajstić information content (AvgIpc) is 3.28. The van der Waals surface area contributed by atoms with Crippen LogP contribution in [0, 0.1) is 0 Å². The molecular formula is C22H26F3N5O. The third kappa shape index (κ3) is 6.44. The van der Waals surface area contributed by atoms with Gasteiger partial charge in [0.05, 0.1) is 12.9 Å². The molecule has 0 spiro atoms. The first-order valence-corrected chi connectivity index (χ1v) is 10.3. The minimum Gasteiger partial charge on any atom is -0.394 e. The molecular weight excluding hydrogens is 407 g/mol. The van der Waals surface area contributed by atoms with Gasteiger partial charge in [-0.2, -0.15) is 13.2 Å². The number of hydrogen-bond acceptors (Lipinski definition) is 4. The lowest BCUT2D eigenvalue weighted by atomic mass is 9.91. The summed E-state index contributed by atoms with van der Waals surface area (Å²) in [6, 6.07) is 6.97. The number of imidazole rings is 1. The van der Waals surface area contributed by atoms with E-state index in [9.17, 15) is 18.0 Å². The number of allylic oxidation sites excluding steroid dienone is 2. The Morgan fingerprint density at radius 3 is 2.81 bits per heavy atom. The van der Waals surface area contributed by atoms with Gasteiger partial charge in [0.25, 0.3) is 5.91 Å². The Balaban J connectivity index is 1.61. The highest BCUT2D eigenvalue weighted by Gasteiger charge is 2.35. The minimum atomic E-state index is -4.55.